The molecular formula is C21H20N2O3. The van der Waals surface area contributed by atoms with Crippen molar-refractivity contribution in [3.8, 4) is 11.5 Å². The number of hydrogen-bond acceptors (Lipinski definition) is 4. The number of carbonyl (C=O) groups is 1. The third-order valence-corrected chi connectivity index (χ3v) is 3.89. The number of nitrogens with one attached hydrogen (secondary N) is 1. The summed E-state index contributed by atoms with van der Waals surface area (Å²) in [5.41, 5.74) is 2.60. The number of ether oxygens (including phenoxy) is 2. The van der Waals surface area contributed by atoms with Crippen LogP contribution in [-0.4, -0.2) is 24.6 Å². The van der Waals surface area contributed by atoms with E-state index >= 15 is 0 Å². The Morgan fingerprint density at radius 1 is 1.19 bits per heavy atom. The van der Waals surface area contributed by atoms with Crippen LogP contribution in [0.15, 0.2) is 67.4 Å². The Bertz CT molecular complexity index is 932. The first-order chi connectivity index (χ1) is 12.7. The number of allylic oxidation sites excluding steroid dienone is 1. The van der Waals surface area contributed by atoms with Crippen LogP contribution in [0.25, 0.3) is 10.9 Å². The monoisotopic (exact) mass is 348 g/mol. The fraction of sp³-hybridized carbons (Fsp3) is 0.143. The predicted molar refractivity (Wildman–Crippen MR) is 103 cm³/mol. The molecule has 0 unspecified atom stereocenters. The minimum atomic E-state index is -0.251. The summed E-state index contributed by atoms with van der Waals surface area (Å²) in [6.45, 7) is 3.61. The summed E-state index contributed by atoms with van der Waals surface area (Å²) in [7, 11) is 1.57. The smallest absolute Gasteiger partial charge is 0.262 e. The Morgan fingerprint density at radius 2 is 2.08 bits per heavy atom. The molecule has 1 amide bonds. The lowest BCUT2D eigenvalue weighted by Crippen LogP contribution is -2.20. The first-order valence-corrected chi connectivity index (χ1v) is 8.25. The fourth-order valence-corrected chi connectivity index (χ4v) is 2.67. The van der Waals surface area contributed by atoms with Gasteiger partial charge in [-0.1, -0.05) is 18.2 Å². The van der Waals surface area contributed by atoms with E-state index in [1.54, 1.807) is 19.4 Å². The number of fused-ring (bicyclic) bond motifs is 1. The van der Waals surface area contributed by atoms with Gasteiger partial charge in [0, 0.05) is 11.6 Å². The molecule has 0 fully saturated rings. The molecule has 0 radical (unpaired) electrons. The maximum Gasteiger partial charge on any atom is 0.262 e. The summed E-state index contributed by atoms with van der Waals surface area (Å²) in [4.78, 5) is 16.6. The molecule has 0 atom stereocenters. The normalized spacial score (nSPS) is 10.3. The highest BCUT2D eigenvalue weighted by Crippen LogP contribution is 2.28. The zero-order chi connectivity index (χ0) is 18.4. The molecule has 26 heavy (non-hydrogen) atoms. The number of rotatable bonds is 7. The van der Waals surface area contributed by atoms with Crippen molar-refractivity contribution in [2.45, 2.75) is 6.42 Å². The van der Waals surface area contributed by atoms with Gasteiger partial charge in [0.2, 0.25) is 0 Å². The molecule has 1 heterocycles. The number of methoxy groups -OCH3 is 1. The summed E-state index contributed by atoms with van der Waals surface area (Å²) in [6, 6.07) is 15.0. The Labute approximate surface area is 152 Å². The molecule has 5 heteroatoms. The molecule has 0 aliphatic rings. The van der Waals surface area contributed by atoms with E-state index in [2.05, 4.69) is 16.9 Å². The third kappa shape index (κ3) is 4.00. The summed E-state index contributed by atoms with van der Waals surface area (Å²) in [5.74, 6) is 0.861. The molecule has 132 valence electrons. The van der Waals surface area contributed by atoms with E-state index in [1.165, 1.54) is 0 Å². The quantitative estimate of drug-likeness (QED) is 0.656. The Morgan fingerprint density at radius 3 is 2.88 bits per heavy atom. The number of nitrogens with zero attached hydrogens (tertiary/aromatic N) is 1. The molecule has 0 saturated carbocycles. The SMILES string of the molecule is C=CCc1ccc(OCC(=O)Nc2cccc3ncccc23)c(OC)c1. The zero-order valence-electron chi connectivity index (χ0n) is 14.6. The average molecular weight is 348 g/mol. The molecule has 0 aliphatic heterocycles. The maximum absolute atomic E-state index is 12.3. The summed E-state index contributed by atoms with van der Waals surface area (Å²) >= 11 is 0. The number of pyridine rings is 1. The van der Waals surface area contributed by atoms with E-state index in [0.29, 0.717) is 17.2 Å². The van der Waals surface area contributed by atoms with Crippen LogP contribution in [0.5, 0.6) is 11.5 Å². The minimum Gasteiger partial charge on any atom is -0.493 e. The molecule has 0 saturated heterocycles. The highest BCUT2D eigenvalue weighted by molar-refractivity contribution is 6.01. The van der Waals surface area contributed by atoms with Crippen LogP contribution in [0.1, 0.15) is 5.56 Å². The van der Waals surface area contributed by atoms with Crippen molar-refractivity contribution in [2.75, 3.05) is 19.0 Å². The van der Waals surface area contributed by atoms with Crippen molar-refractivity contribution in [3.63, 3.8) is 0 Å². The van der Waals surface area contributed by atoms with Crippen LogP contribution in [-0.2, 0) is 11.2 Å². The van der Waals surface area contributed by atoms with Gasteiger partial charge in [-0.3, -0.25) is 9.78 Å². The van der Waals surface area contributed by atoms with Gasteiger partial charge in [-0.25, -0.2) is 0 Å². The van der Waals surface area contributed by atoms with Crippen molar-refractivity contribution >= 4 is 22.5 Å². The summed E-state index contributed by atoms with van der Waals surface area (Å²) in [6.07, 6.45) is 4.29. The second-order valence-corrected chi connectivity index (χ2v) is 5.69. The molecule has 0 aliphatic carbocycles. The van der Waals surface area contributed by atoms with Gasteiger partial charge in [0.05, 0.1) is 18.3 Å². The van der Waals surface area contributed by atoms with Gasteiger partial charge in [-0.05, 0) is 48.4 Å². The molecule has 1 N–H and O–H groups in total. The van der Waals surface area contributed by atoms with E-state index in [-0.39, 0.29) is 12.5 Å². The van der Waals surface area contributed by atoms with Crippen molar-refractivity contribution in [2.24, 2.45) is 0 Å². The minimum absolute atomic E-state index is 0.117. The topological polar surface area (TPSA) is 60.5 Å². The summed E-state index contributed by atoms with van der Waals surface area (Å²) < 4.78 is 11.0. The number of hydrogen-bond donors (Lipinski definition) is 1. The van der Waals surface area contributed by atoms with E-state index < -0.39 is 0 Å². The van der Waals surface area contributed by atoms with Gasteiger partial charge in [0.25, 0.3) is 5.91 Å². The van der Waals surface area contributed by atoms with E-state index in [9.17, 15) is 4.79 Å². The fourth-order valence-electron chi connectivity index (χ4n) is 2.67. The Hall–Kier alpha value is -3.34. The van der Waals surface area contributed by atoms with Crippen molar-refractivity contribution in [1.29, 1.82) is 0 Å². The molecule has 2 aromatic carbocycles. The first kappa shape index (κ1) is 17.5. The molecule has 3 aromatic rings. The lowest BCUT2D eigenvalue weighted by atomic mass is 10.1. The van der Waals surface area contributed by atoms with Crippen LogP contribution in [0.3, 0.4) is 0 Å². The molecule has 3 rings (SSSR count). The highest BCUT2D eigenvalue weighted by Gasteiger charge is 2.10. The number of benzene rings is 2. The highest BCUT2D eigenvalue weighted by atomic mass is 16.5. The Kier molecular flexibility index (Phi) is 5.49. The second-order valence-electron chi connectivity index (χ2n) is 5.69. The van der Waals surface area contributed by atoms with Crippen molar-refractivity contribution < 1.29 is 14.3 Å². The first-order valence-electron chi connectivity index (χ1n) is 8.25. The number of aromatic nitrogens is 1. The van der Waals surface area contributed by atoms with Gasteiger partial charge in [0.1, 0.15) is 0 Å². The molecule has 0 spiro atoms. The molecule has 1 aromatic heterocycles. The lowest BCUT2D eigenvalue weighted by molar-refractivity contribution is -0.118. The van der Waals surface area contributed by atoms with Crippen LogP contribution in [0, 0.1) is 0 Å². The molecule has 0 bridgehead atoms. The van der Waals surface area contributed by atoms with Crippen LogP contribution in [0.4, 0.5) is 5.69 Å². The van der Waals surface area contributed by atoms with Gasteiger partial charge in [-0.15, -0.1) is 6.58 Å². The summed E-state index contributed by atoms with van der Waals surface area (Å²) in [5, 5.41) is 3.75. The molecule has 5 nitrogen and oxygen atoms in total. The van der Waals surface area contributed by atoms with Crippen LogP contribution < -0.4 is 14.8 Å². The number of amides is 1. The van der Waals surface area contributed by atoms with Crippen molar-refractivity contribution in [3.05, 3.63) is 72.9 Å². The van der Waals surface area contributed by atoms with E-state index in [0.717, 1.165) is 22.9 Å². The van der Waals surface area contributed by atoms with Gasteiger partial charge in [-0.2, -0.15) is 0 Å². The van der Waals surface area contributed by atoms with Crippen LogP contribution in [0.2, 0.25) is 0 Å². The lowest BCUT2D eigenvalue weighted by Gasteiger charge is -2.12. The van der Waals surface area contributed by atoms with Crippen LogP contribution >= 0.6 is 0 Å². The zero-order valence-corrected chi connectivity index (χ0v) is 14.6. The van der Waals surface area contributed by atoms with Gasteiger partial charge in [0.15, 0.2) is 18.1 Å². The number of carbonyl (C=O) groups excluding carboxylic acids is 1. The third-order valence-electron chi connectivity index (χ3n) is 3.89. The van der Waals surface area contributed by atoms with Gasteiger partial charge >= 0.3 is 0 Å². The van der Waals surface area contributed by atoms with Crippen molar-refractivity contribution in [1.82, 2.24) is 4.98 Å². The van der Waals surface area contributed by atoms with E-state index in [1.807, 2.05) is 48.5 Å². The Balaban J connectivity index is 1.68. The standard InChI is InChI=1S/C21H20N2O3/c1-3-6-15-10-11-19(20(13-15)25-2)26-14-21(24)23-18-9-4-8-17-16(18)7-5-12-22-17/h3-5,7-13H,1,6,14H2,2H3,(H,23,24). The van der Waals surface area contributed by atoms with E-state index in [4.69, 9.17) is 9.47 Å². The molecular weight excluding hydrogens is 328 g/mol. The largest absolute Gasteiger partial charge is 0.493 e. The predicted octanol–water partition coefficient (Wildman–Crippen LogP) is 3.99. The number of anilines is 1. The maximum atomic E-state index is 12.3. The van der Waals surface area contributed by atoms with Gasteiger partial charge < -0.3 is 14.8 Å². The second kappa shape index (κ2) is 8.16. The average Bonchev–Trinajstić information content (AvgIpc) is 2.67.